The number of amides is 1. The predicted molar refractivity (Wildman–Crippen MR) is 92.5 cm³/mol. The van der Waals surface area contributed by atoms with Crippen molar-refractivity contribution in [2.45, 2.75) is 0 Å². The number of hydrogen-bond donors (Lipinski definition) is 1. The SMILES string of the molecule is COCCNc1ccc(C(=O)N2CCN(c3ncccn3)CC2)nn1. The molecule has 0 spiro atoms. The molecule has 9 heteroatoms. The molecule has 1 aliphatic rings. The van der Waals surface area contributed by atoms with Crippen molar-refractivity contribution >= 4 is 17.7 Å². The normalized spacial score (nSPS) is 14.4. The van der Waals surface area contributed by atoms with Crippen LogP contribution in [-0.4, -0.2) is 77.4 Å². The van der Waals surface area contributed by atoms with Crippen LogP contribution in [-0.2, 0) is 4.74 Å². The third-order valence-electron chi connectivity index (χ3n) is 3.90. The number of aromatic nitrogens is 4. The molecule has 0 aliphatic carbocycles. The Balaban J connectivity index is 1.53. The third kappa shape index (κ3) is 4.38. The number of hydrogen-bond acceptors (Lipinski definition) is 8. The molecule has 3 rings (SSSR count). The quantitative estimate of drug-likeness (QED) is 0.748. The maximum atomic E-state index is 12.5. The van der Waals surface area contributed by atoms with E-state index in [1.807, 2.05) is 0 Å². The number of carbonyl (C=O) groups is 1. The summed E-state index contributed by atoms with van der Waals surface area (Å²) in [6.45, 7) is 3.82. The molecule has 0 bridgehead atoms. The van der Waals surface area contributed by atoms with Gasteiger partial charge in [0.15, 0.2) is 5.69 Å². The summed E-state index contributed by atoms with van der Waals surface area (Å²) in [5, 5.41) is 11.1. The third-order valence-corrected chi connectivity index (χ3v) is 3.90. The Morgan fingerprint density at radius 2 is 1.92 bits per heavy atom. The maximum absolute atomic E-state index is 12.5. The summed E-state index contributed by atoms with van der Waals surface area (Å²) in [4.78, 5) is 24.9. The Kier molecular flexibility index (Phi) is 5.68. The van der Waals surface area contributed by atoms with Gasteiger partial charge in [-0.05, 0) is 18.2 Å². The van der Waals surface area contributed by atoms with Crippen molar-refractivity contribution in [1.29, 1.82) is 0 Å². The second kappa shape index (κ2) is 8.34. The molecular weight excluding hydrogens is 322 g/mol. The second-order valence-electron chi connectivity index (χ2n) is 5.55. The molecule has 1 aliphatic heterocycles. The molecule has 9 nitrogen and oxygen atoms in total. The summed E-state index contributed by atoms with van der Waals surface area (Å²) >= 11 is 0. The number of nitrogens with zero attached hydrogens (tertiary/aromatic N) is 6. The monoisotopic (exact) mass is 343 g/mol. The van der Waals surface area contributed by atoms with Gasteiger partial charge in [-0.1, -0.05) is 0 Å². The number of piperazine rings is 1. The van der Waals surface area contributed by atoms with Crippen molar-refractivity contribution in [3.8, 4) is 0 Å². The van der Waals surface area contributed by atoms with E-state index in [1.54, 1.807) is 42.6 Å². The summed E-state index contributed by atoms with van der Waals surface area (Å²) in [5.41, 5.74) is 0.349. The van der Waals surface area contributed by atoms with Crippen molar-refractivity contribution in [2.24, 2.45) is 0 Å². The lowest BCUT2D eigenvalue weighted by molar-refractivity contribution is 0.0739. The number of rotatable bonds is 6. The van der Waals surface area contributed by atoms with Gasteiger partial charge in [0.05, 0.1) is 6.61 Å². The molecule has 1 saturated heterocycles. The Morgan fingerprint density at radius 3 is 2.56 bits per heavy atom. The van der Waals surface area contributed by atoms with Crippen LogP contribution in [0.1, 0.15) is 10.5 Å². The van der Waals surface area contributed by atoms with Gasteiger partial charge in [-0.15, -0.1) is 10.2 Å². The van der Waals surface area contributed by atoms with Gasteiger partial charge in [-0.2, -0.15) is 0 Å². The van der Waals surface area contributed by atoms with Gasteiger partial charge >= 0.3 is 0 Å². The second-order valence-corrected chi connectivity index (χ2v) is 5.55. The Hall–Kier alpha value is -2.81. The molecule has 1 fully saturated rings. The molecular formula is C16H21N7O2. The molecule has 2 aromatic rings. The summed E-state index contributed by atoms with van der Waals surface area (Å²) in [5.74, 6) is 1.21. The van der Waals surface area contributed by atoms with Crippen molar-refractivity contribution in [3.05, 3.63) is 36.3 Å². The lowest BCUT2D eigenvalue weighted by Gasteiger charge is -2.34. The van der Waals surface area contributed by atoms with Crippen molar-refractivity contribution < 1.29 is 9.53 Å². The maximum Gasteiger partial charge on any atom is 0.274 e. The Morgan fingerprint density at radius 1 is 1.16 bits per heavy atom. The van der Waals surface area contributed by atoms with Gasteiger partial charge in [0.25, 0.3) is 5.91 Å². The van der Waals surface area contributed by atoms with E-state index in [2.05, 4.69) is 30.4 Å². The minimum atomic E-state index is -0.107. The lowest BCUT2D eigenvalue weighted by atomic mass is 10.2. The molecule has 0 radical (unpaired) electrons. The Labute approximate surface area is 146 Å². The highest BCUT2D eigenvalue weighted by Crippen LogP contribution is 2.12. The fraction of sp³-hybridized carbons (Fsp3) is 0.438. The Bertz CT molecular complexity index is 673. The number of carbonyl (C=O) groups excluding carboxylic acids is 1. The van der Waals surface area contributed by atoms with Gasteiger partial charge in [-0.3, -0.25) is 4.79 Å². The van der Waals surface area contributed by atoms with Crippen LogP contribution in [0, 0.1) is 0 Å². The molecule has 1 N–H and O–H groups in total. The van der Waals surface area contributed by atoms with Crippen LogP contribution in [0.4, 0.5) is 11.8 Å². The first-order valence-electron chi connectivity index (χ1n) is 8.15. The smallest absolute Gasteiger partial charge is 0.274 e. The molecule has 2 aromatic heterocycles. The highest BCUT2D eigenvalue weighted by Gasteiger charge is 2.24. The van der Waals surface area contributed by atoms with Gasteiger partial charge < -0.3 is 19.9 Å². The van der Waals surface area contributed by atoms with Crippen LogP contribution in [0.2, 0.25) is 0 Å². The fourth-order valence-electron chi connectivity index (χ4n) is 2.55. The van der Waals surface area contributed by atoms with Gasteiger partial charge in [0.2, 0.25) is 5.95 Å². The van der Waals surface area contributed by atoms with Crippen molar-refractivity contribution in [3.63, 3.8) is 0 Å². The van der Waals surface area contributed by atoms with E-state index in [9.17, 15) is 4.79 Å². The molecule has 0 saturated carbocycles. The predicted octanol–water partition coefficient (Wildman–Crippen LogP) is 0.287. The van der Waals surface area contributed by atoms with Crippen molar-refractivity contribution in [2.75, 3.05) is 56.7 Å². The van der Waals surface area contributed by atoms with Crippen molar-refractivity contribution in [1.82, 2.24) is 25.1 Å². The zero-order valence-electron chi connectivity index (χ0n) is 14.1. The number of nitrogens with one attached hydrogen (secondary N) is 1. The standard InChI is InChI=1S/C16H21N7O2/c1-25-12-7-17-14-4-3-13(20-21-14)15(24)22-8-10-23(11-9-22)16-18-5-2-6-19-16/h2-6H,7-12H2,1H3,(H,17,21). The number of methoxy groups -OCH3 is 1. The first kappa shape index (κ1) is 17.0. The zero-order chi connectivity index (χ0) is 17.5. The van der Waals surface area contributed by atoms with E-state index in [1.165, 1.54) is 0 Å². The molecule has 0 aromatic carbocycles. The highest BCUT2D eigenvalue weighted by atomic mass is 16.5. The summed E-state index contributed by atoms with van der Waals surface area (Å²) in [6.07, 6.45) is 3.44. The molecule has 0 atom stereocenters. The van der Waals surface area contributed by atoms with Crippen LogP contribution < -0.4 is 10.2 Å². The number of ether oxygens (including phenoxy) is 1. The van der Waals surface area contributed by atoms with E-state index >= 15 is 0 Å². The molecule has 25 heavy (non-hydrogen) atoms. The van der Waals surface area contributed by atoms with Crippen LogP contribution in [0.15, 0.2) is 30.6 Å². The van der Waals surface area contributed by atoms with Crippen LogP contribution in [0.25, 0.3) is 0 Å². The van der Waals surface area contributed by atoms with E-state index < -0.39 is 0 Å². The van der Waals surface area contributed by atoms with E-state index in [0.717, 1.165) is 0 Å². The lowest BCUT2D eigenvalue weighted by Crippen LogP contribution is -2.49. The van der Waals surface area contributed by atoms with Gasteiger partial charge in [0, 0.05) is 52.2 Å². The average molecular weight is 343 g/mol. The minimum Gasteiger partial charge on any atom is -0.383 e. The van der Waals surface area contributed by atoms with E-state index in [4.69, 9.17) is 4.74 Å². The van der Waals surface area contributed by atoms with Crippen LogP contribution in [0.3, 0.4) is 0 Å². The largest absolute Gasteiger partial charge is 0.383 e. The highest BCUT2D eigenvalue weighted by molar-refractivity contribution is 5.92. The fourth-order valence-corrected chi connectivity index (χ4v) is 2.55. The van der Waals surface area contributed by atoms with Crippen LogP contribution >= 0.6 is 0 Å². The van der Waals surface area contributed by atoms with E-state index in [-0.39, 0.29) is 5.91 Å². The summed E-state index contributed by atoms with van der Waals surface area (Å²) in [6, 6.07) is 5.23. The zero-order valence-corrected chi connectivity index (χ0v) is 14.1. The van der Waals surface area contributed by atoms with E-state index in [0.29, 0.717) is 56.8 Å². The molecule has 0 unspecified atom stereocenters. The van der Waals surface area contributed by atoms with Gasteiger partial charge in [-0.25, -0.2) is 9.97 Å². The van der Waals surface area contributed by atoms with Gasteiger partial charge in [0.1, 0.15) is 5.82 Å². The molecule has 3 heterocycles. The van der Waals surface area contributed by atoms with Crippen LogP contribution in [0.5, 0.6) is 0 Å². The summed E-state index contributed by atoms with van der Waals surface area (Å²) < 4.78 is 4.96. The average Bonchev–Trinajstić information content (AvgIpc) is 2.69. The first-order chi connectivity index (χ1) is 12.3. The topological polar surface area (TPSA) is 96.4 Å². The first-order valence-corrected chi connectivity index (χ1v) is 8.15. The number of anilines is 2. The molecule has 1 amide bonds. The summed E-state index contributed by atoms with van der Waals surface area (Å²) in [7, 11) is 1.64. The minimum absolute atomic E-state index is 0.107. The molecule has 132 valence electrons.